The average Bonchev–Trinajstić information content (AvgIpc) is 3.27. The summed E-state index contributed by atoms with van der Waals surface area (Å²) in [5, 5.41) is 4.59. The molecule has 0 fully saturated rings. The normalized spacial score (nSPS) is 12.0. The predicted octanol–water partition coefficient (Wildman–Crippen LogP) is 6.39. The van der Waals surface area contributed by atoms with E-state index in [1.54, 1.807) is 4.68 Å². The molecule has 0 amide bonds. The minimum atomic E-state index is 0.0562. The molecule has 3 aromatic carbocycles. The van der Waals surface area contributed by atoms with Crippen molar-refractivity contribution >= 4 is 5.78 Å². The van der Waals surface area contributed by atoms with Gasteiger partial charge in [-0.25, -0.2) is 4.68 Å². The summed E-state index contributed by atoms with van der Waals surface area (Å²) in [6, 6.07) is 28.9. The van der Waals surface area contributed by atoms with Crippen LogP contribution in [0.4, 0.5) is 0 Å². The summed E-state index contributed by atoms with van der Waals surface area (Å²) in [7, 11) is 0. The molecule has 4 nitrogen and oxygen atoms in total. The molecule has 0 bridgehead atoms. The summed E-state index contributed by atoms with van der Waals surface area (Å²) in [6.45, 7) is 4.59. The summed E-state index contributed by atoms with van der Waals surface area (Å²) in [5.41, 5.74) is 12.7. The van der Waals surface area contributed by atoms with Gasteiger partial charge >= 0.3 is 0 Å². The summed E-state index contributed by atoms with van der Waals surface area (Å²) < 4.78 is 1.74. The smallest absolute Gasteiger partial charge is 0.185 e. The number of aromatic nitrogens is 2. The Bertz CT molecular complexity index is 1240. The quantitative estimate of drug-likeness (QED) is 0.284. The van der Waals surface area contributed by atoms with Crippen LogP contribution >= 0.6 is 0 Å². The molecular formula is C30H33N3O. The predicted molar refractivity (Wildman–Crippen MR) is 138 cm³/mol. The number of aryl methyl sites for hydroxylation is 1. The van der Waals surface area contributed by atoms with Crippen molar-refractivity contribution in [2.24, 2.45) is 5.73 Å². The van der Waals surface area contributed by atoms with Crippen molar-refractivity contribution in [2.45, 2.75) is 52.0 Å². The Labute approximate surface area is 202 Å². The van der Waals surface area contributed by atoms with Crippen molar-refractivity contribution in [3.05, 3.63) is 119 Å². The van der Waals surface area contributed by atoms with Gasteiger partial charge in [-0.05, 0) is 53.8 Å². The second kappa shape index (κ2) is 11.1. The minimum absolute atomic E-state index is 0.0562. The van der Waals surface area contributed by atoms with E-state index in [1.807, 2.05) is 43.3 Å². The fourth-order valence-electron chi connectivity index (χ4n) is 4.53. The molecule has 1 unspecified atom stereocenters. The van der Waals surface area contributed by atoms with Gasteiger partial charge in [0.1, 0.15) is 5.69 Å². The van der Waals surface area contributed by atoms with Gasteiger partial charge in [0.25, 0.3) is 0 Å². The number of nitrogens with two attached hydrogens (primary N) is 1. The van der Waals surface area contributed by atoms with Crippen LogP contribution in [0.3, 0.4) is 0 Å². The van der Waals surface area contributed by atoms with Crippen molar-refractivity contribution in [1.82, 2.24) is 9.78 Å². The maximum atomic E-state index is 13.4. The zero-order valence-electron chi connectivity index (χ0n) is 20.1. The molecule has 0 saturated heterocycles. The van der Waals surface area contributed by atoms with E-state index in [9.17, 15) is 4.79 Å². The summed E-state index contributed by atoms with van der Waals surface area (Å²) in [6.07, 6.45) is 3.77. The SMILES string of the molecule is CCCCC(c1ccccc1)c1cccc(CC(=O)c2cc(C)nn2-c2cccc(CN)c2)c1. The molecule has 1 atom stereocenters. The topological polar surface area (TPSA) is 60.9 Å². The highest BCUT2D eigenvalue weighted by molar-refractivity contribution is 5.96. The molecule has 4 aromatic rings. The van der Waals surface area contributed by atoms with Gasteiger partial charge in [0.2, 0.25) is 0 Å². The number of nitrogens with zero attached hydrogens (tertiary/aromatic N) is 2. The minimum Gasteiger partial charge on any atom is -0.326 e. The van der Waals surface area contributed by atoms with E-state index in [2.05, 4.69) is 60.6 Å². The first kappa shape index (κ1) is 23.7. The third-order valence-electron chi connectivity index (χ3n) is 6.27. The van der Waals surface area contributed by atoms with E-state index in [0.717, 1.165) is 35.3 Å². The van der Waals surface area contributed by atoms with Gasteiger partial charge in [0.15, 0.2) is 5.78 Å². The number of carbonyl (C=O) groups excluding carboxylic acids is 1. The number of carbonyl (C=O) groups is 1. The van der Waals surface area contributed by atoms with Gasteiger partial charge in [-0.15, -0.1) is 0 Å². The van der Waals surface area contributed by atoms with Gasteiger partial charge < -0.3 is 5.73 Å². The van der Waals surface area contributed by atoms with Gasteiger partial charge in [0, 0.05) is 18.9 Å². The molecule has 4 heteroatoms. The fraction of sp³-hybridized carbons (Fsp3) is 0.267. The van der Waals surface area contributed by atoms with Crippen LogP contribution in [0.1, 0.15) is 70.5 Å². The lowest BCUT2D eigenvalue weighted by atomic mass is 9.86. The molecule has 174 valence electrons. The van der Waals surface area contributed by atoms with Crippen LogP contribution in [0.15, 0.2) is 84.9 Å². The highest BCUT2D eigenvalue weighted by Gasteiger charge is 2.18. The van der Waals surface area contributed by atoms with Gasteiger partial charge in [-0.2, -0.15) is 5.10 Å². The largest absolute Gasteiger partial charge is 0.326 e. The van der Waals surface area contributed by atoms with Crippen molar-refractivity contribution in [3.63, 3.8) is 0 Å². The number of rotatable bonds is 10. The highest BCUT2D eigenvalue weighted by Crippen LogP contribution is 2.30. The Balaban J connectivity index is 1.61. The zero-order chi connectivity index (χ0) is 23.9. The Morgan fingerprint density at radius 3 is 2.41 bits per heavy atom. The number of benzene rings is 3. The van der Waals surface area contributed by atoms with Crippen LogP contribution in [0, 0.1) is 6.92 Å². The van der Waals surface area contributed by atoms with Crippen LogP contribution in [0.2, 0.25) is 0 Å². The molecule has 34 heavy (non-hydrogen) atoms. The number of hydrogen-bond donors (Lipinski definition) is 1. The number of Topliss-reactive ketones (excluding diaryl/α,β-unsaturated/α-hetero) is 1. The van der Waals surface area contributed by atoms with Crippen LogP contribution in [0.25, 0.3) is 5.69 Å². The number of hydrogen-bond acceptors (Lipinski definition) is 3. The molecule has 1 heterocycles. The first-order chi connectivity index (χ1) is 16.6. The molecule has 4 rings (SSSR count). The van der Waals surface area contributed by atoms with Crippen LogP contribution in [-0.4, -0.2) is 15.6 Å². The van der Waals surface area contributed by atoms with Gasteiger partial charge in [-0.3, -0.25) is 4.79 Å². The Hall–Kier alpha value is -3.50. The number of unbranched alkanes of at least 4 members (excludes halogenated alkanes) is 1. The molecule has 0 aliphatic carbocycles. The van der Waals surface area contributed by atoms with Crippen LogP contribution in [0.5, 0.6) is 0 Å². The standard InChI is InChI=1S/C30H33N3O/c1-3-4-16-28(25-12-6-5-7-13-25)26-14-8-10-23(18-26)20-30(34)29-17-22(2)32-33(29)27-15-9-11-24(19-27)21-31/h5-15,17-19,28H,3-4,16,20-21,31H2,1-2H3. The third kappa shape index (κ3) is 5.52. The van der Waals surface area contributed by atoms with Crippen LogP contribution in [-0.2, 0) is 13.0 Å². The van der Waals surface area contributed by atoms with Crippen molar-refractivity contribution in [3.8, 4) is 5.69 Å². The Kier molecular flexibility index (Phi) is 7.71. The maximum Gasteiger partial charge on any atom is 0.185 e. The summed E-state index contributed by atoms with van der Waals surface area (Å²) >= 11 is 0. The van der Waals surface area contributed by atoms with E-state index in [0.29, 0.717) is 24.6 Å². The van der Waals surface area contributed by atoms with E-state index in [4.69, 9.17) is 5.73 Å². The number of ketones is 1. The molecule has 0 aliphatic heterocycles. The maximum absolute atomic E-state index is 13.4. The van der Waals surface area contributed by atoms with Crippen molar-refractivity contribution in [1.29, 1.82) is 0 Å². The van der Waals surface area contributed by atoms with Crippen LogP contribution < -0.4 is 5.73 Å². The first-order valence-electron chi connectivity index (χ1n) is 12.1. The summed E-state index contributed by atoms with van der Waals surface area (Å²) in [5.74, 6) is 0.392. The lowest BCUT2D eigenvalue weighted by Crippen LogP contribution is -2.12. The second-order valence-corrected chi connectivity index (χ2v) is 8.91. The molecule has 2 N–H and O–H groups in total. The van der Waals surface area contributed by atoms with E-state index < -0.39 is 0 Å². The summed E-state index contributed by atoms with van der Waals surface area (Å²) in [4.78, 5) is 13.4. The zero-order valence-corrected chi connectivity index (χ0v) is 20.1. The molecule has 1 aromatic heterocycles. The third-order valence-corrected chi connectivity index (χ3v) is 6.27. The lowest BCUT2D eigenvalue weighted by molar-refractivity contribution is 0.0985. The lowest BCUT2D eigenvalue weighted by Gasteiger charge is -2.19. The van der Waals surface area contributed by atoms with E-state index >= 15 is 0 Å². The van der Waals surface area contributed by atoms with Gasteiger partial charge in [-0.1, -0.05) is 86.5 Å². The van der Waals surface area contributed by atoms with E-state index in [-0.39, 0.29) is 5.78 Å². The molecule has 0 aliphatic rings. The highest BCUT2D eigenvalue weighted by atomic mass is 16.1. The average molecular weight is 452 g/mol. The van der Waals surface area contributed by atoms with Gasteiger partial charge in [0.05, 0.1) is 11.4 Å². The Morgan fingerprint density at radius 2 is 1.65 bits per heavy atom. The van der Waals surface area contributed by atoms with E-state index in [1.165, 1.54) is 17.5 Å². The molecule has 0 saturated carbocycles. The second-order valence-electron chi connectivity index (χ2n) is 8.91. The molecular weight excluding hydrogens is 418 g/mol. The Morgan fingerprint density at radius 1 is 0.912 bits per heavy atom. The fourth-order valence-corrected chi connectivity index (χ4v) is 4.53. The van der Waals surface area contributed by atoms with Crippen molar-refractivity contribution in [2.75, 3.05) is 0 Å². The van der Waals surface area contributed by atoms with Crippen molar-refractivity contribution < 1.29 is 4.79 Å². The molecule has 0 spiro atoms. The molecule has 0 radical (unpaired) electrons. The monoisotopic (exact) mass is 451 g/mol. The first-order valence-corrected chi connectivity index (χ1v) is 12.1.